The van der Waals surface area contributed by atoms with Gasteiger partial charge in [-0.1, -0.05) is 23.7 Å². The molecule has 30 heavy (non-hydrogen) atoms. The quantitative estimate of drug-likeness (QED) is 0.478. The van der Waals surface area contributed by atoms with Crippen LogP contribution in [0.4, 0.5) is 13.2 Å². The molecule has 0 atom stereocenters. The number of halogens is 4. The summed E-state index contributed by atoms with van der Waals surface area (Å²) in [7, 11) is -2.40. The van der Waals surface area contributed by atoms with Crippen LogP contribution in [0.5, 0.6) is 0 Å². The lowest BCUT2D eigenvalue weighted by Gasteiger charge is -2.13. The summed E-state index contributed by atoms with van der Waals surface area (Å²) in [6, 6.07) is 8.40. The van der Waals surface area contributed by atoms with Crippen LogP contribution in [-0.4, -0.2) is 46.2 Å². The molecule has 1 aromatic carbocycles. The van der Waals surface area contributed by atoms with Crippen LogP contribution in [0.2, 0.25) is 0 Å². The zero-order valence-electron chi connectivity index (χ0n) is 15.6. The minimum absolute atomic E-state index is 0.0226. The maximum Gasteiger partial charge on any atom is 0.434 e. The average Bonchev–Trinajstić information content (AvgIpc) is 3.15. The molecule has 0 bridgehead atoms. The maximum atomic E-state index is 12.9. The SMILES string of the molecule is COC(=O)CN/C(=C(/Cl)C(=N)C(F)(F)F)c1ccc(-c2cccc(S(C)(=O)=O)c2)o1. The number of hydrogen-bond donors (Lipinski definition) is 2. The van der Waals surface area contributed by atoms with Crippen LogP contribution in [0, 0.1) is 5.41 Å². The summed E-state index contributed by atoms with van der Waals surface area (Å²) < 4.78 is 72.2. The fourth-order valence-electron chi connectivity index (χ4n) is 2.26. The van der Waals surface area contributed by atoms with Crippen molar-refractivity contribution in [1.82, 2.24) is 5.32 Å². The van der Waals surface area contributed by atoms with E-state index in [0.29, 0.717) is 5.56 Å². The van der Waals surface area contributed by atoms with Crippen molar-refractivity contribution < 1.29 is 35.5 Å². The predicted molar refractivity (Wildman–Crippen MR) is 104 cm³/mol. The number of allylic oxidation sites excluding steroid dienone is 1. The van der Waals surface area contributed by atoms with E-state index in [4.69, 9.17) is 21.4 Å². The summed E-state index contributed by atoms with van der Waals surface area (Å²) in [4.78, 5) is 11.4. The lowest BCUT2D eigenvalue weighted by atomic mass is 10.2. The van der Waals surface area contributed by atoms with E-state index in [1.54, 1.807) is 6.07 Å². The third-order valence-corrected chi connectivity index (χ3v) is 5.25. The molecular formula is C18H16ClF3N2O5S. The van der Waals surface area contributed by atoms with Gasteiger partial charge in [-0.3, -0.25) is 10.2 Å². The van der Waals surface area contributed by atoms with Gasteiger partial charge in [-0.2, -0.15) is 13.2 Å². The van der Waals surface area contributed by atoms with Crippen LogP contribution in [0.3, 0.4) is 0 Å². The first kappa shape index (κ1) is 23.5. The first-order valence-electron chi connectivity index (χ1n) is 8.12. The Balaban J connectivity index is 2.50. The zero-order chi connectivity index (χ0) is 22.7. The van der Waals surface area contributed by atoms with Gasteiger partial charge in [0.1, 0.15) is 12.3 Å². The van der Waals surface area contributed by atoms with Gasteiger partial charge in [0.15, 0.2) is 21.3 Å². The van der Waals surface area contributed by atoms with E-state index >= 15 is 0 Å². The predicted octanol–water partition coefficient (Wildman–Crippen LogP) is 3.60. The third-order valence-electron chi connectivity index (χ3n) is 3.76. The average molecular weight is 465 g/mol. The van der Waals surface area contributed by atoms with Crippen molar-refractivity contribution in [3.05, 3.63) is 47.2 Å². The topological polar surface area (TPSA) is 109 Å². The first-order valence-corrected chi connectivity index (χ1v) is 10.4. The van der Waals surface area contributed by atoms with Crippen LogP contribution in [-0.2, 0) is 19.4 Å². The number of hydrogen-bond acceptors (Lipinski definition) is 7. The molecule has 0 aliphatic carbocycles. The zero-order valence-corrected chi connectivity index (χ0v) is 17.2. The van der Waals surface area contributed by atoms with Crippen molar-refractivity contribution >= 4 is 38.8 Å². The molecule has 12 heteroatoms. The third kappa shape index (κ3) is 5.63. The Morgan fingerprint density at radius 3 is 2.50 bits per heavy atom. The van der Waals surface area contributed by atoms with Crippen molar-refractivity contribution in [3.8, 4) is 11.3 Å². The second kappa shape index (κ2) is 8.92. The molecule has 0 aliphatic heterocycles. The number of esters is 1. The van der Waals surface area contributed by atoms with Crippen LogP contribution in [0.1, 0.15) is 5.76 Å². The van der Waals surface area contributed by atoms with E-state index in [2.05, 4.69) is 10.1 Å². The van der Waals surface area contributed by atoms with E-state index in [-0.39, 0.29) is 16.4 Å². The Kier molecular flexibility index (Phi) is 6.99. The Morgan fingerprint density at radius 1 is 1.27 bits per heavy atom. The summed E-state index contributed by atoms with van der Waals surface area (Å²) >= 11 is 5.76. The summed E-state index contributed by atoms with van der Waals surface area (Å²) in [6.07, 6.45) is -4.01. The largest absolute Gasteiger partial charge is 0.468 e. The van der Waals surface area contributed by atoms with Gasteiger partial charge in [-0.05, 0) is 24.3 Å². The van der Waals surface area contributed by atoms with Crippen molar-refractivity contribution in [1.29, 1.82) is 5.41 Å². The van der Waals surface area contributed by atoms with Crippen molar-refractivity contribution in [3.63, 3.8) is 0 Å². The number of carbonyl (C=O) groups excluding carboxylic acids is 1. The maximum absolute atomic E-state index is 12.9. The van der Waals surface area contributed by atoms with Gasteiger partial charge in [0.25, 0.3) is 0 Å². The smallest absolute Gasteiger partial charge is 0.434 e. The van der Waals surface area contributed by atoms with Crippen LogP contribution in [0.25, 0.3) is 17.0 Å². The number of furan rings is 1. The standard InChI is InChI=1S/C18H16ClF3N2O5S/c1-28-14(25)9-24-16(15(19)17(23)18(20,21)22)13-7-6-12(29-13)10-4-3-5-11(8-10)30(2,26)27/h3-8,23-24H,9H2,1-2H3/b16-15+,23-17?. The normalized spacial score (nSPS) is 12.9. The number of methoxy groups -OCH3 is 1. The molecule has 0 radical (unpaired) electrons. The summed E-state index contributed by atoms with van der Waals surface area (Å²) in [5.74, 6) is -0.850. The molecule has 0 saturated carbocycles. The van der Waals surface area contributed by atoms with E-state index in [0.717, 1.165) is 13.4 Å². The fourth-order valence-corrected chi connectivity index (χ4v) is 3.20. The van der Waals surface area contributed by atoms with Crippen LogP contribution >= 0.6 is 11.6 Å². The molecule has 2 aromatic rings. The van der Waals surface area contributed by atoms with Crippen LogP contribution < -0.4 is 5.32 Å². The van der Waals surface area contributed by atoms with Gasteiger partial charge in [-0.15, -0.1) is 0 Å². The highest BCUT2D eigenvalue weighted by Crippen LogP contribution is 2.31. The monoisotopic (exact) mass is 464 g/mol. The highest BCUT2D eigenvalue weighted by molar-refractivity contribution is 7.90. The molecular weight excluding hydrogens is 449 g/mol. The Labute approximate surface area is 174 Å². The molecule has 0 aliphatic rings. The van der Waals surface area contributed by atoms with Crippen molar-refractivity contribution in [2.24, 2.45) is 0 Å². The highest BCUT2D eigenvalue weighted by atomic mass is 35.5. The molecule has 0 amide bonds. The van der Waals surface area contributed by atoms with Gasteiger partial charge >= 0.3 is 12.1 Å². The summed E-state index contributed by atoms with van der Waals surface area (Å²) in [5, 5.41) is 8.61. The van der Waals surface area contributed by atoms with E-state index in [1.807, 2.05) is 0 Å². The van der Waals surface area contributed by atoms with E-state index in [1.165, 1.54) is 30.3 Å². The first-order chi connectivity index (χ1) is 13.8. The Bertz CT molecular complexity index is 1110. The minimum atomic E-state index is -5.03. The summed E-state index contributed by atoms with van der Waals surface area (Å²) in [6.45, 7) is -0.535. The van der Waals surface area contributed by atoms with Crippen LogP contribution in [0.15, 0.2) is 50.7 Å². The molecule has 0 fully saturated rings. The number of nitrogens with one attached hydrogen (secondary N) is 2. The lowest BCUT2D eigenvalue weighted by molar-refractivity contribution is -0.139. The lowest BCUT2D eigenvalue weighted by Crippen LogP contribution is -2.28. The number of alkyl halides is 3. The fraction of sp³-hybridized carbons (Fsp3) is 0.222. The molecule has 0 unspecified atom stereocenters. The molecule has 2 rings (SSSR count). The van der Waals surface area contributed by atoms with Crippen molar-refractivity contribution in [2.45, 2.75) is 11.1 Å². The number of carbonyl (C=O) groups is 1. The molecule has 1 heterocycles. The highest BCUT2D eigenvalue weighted by Gasteiger charge is 2.38. The number of sulfone groups is 1. The van der Waals surface area contributed by atoms with E-state index in [9.17, 15) is 26.4 Å². The van der Waals surface area contributed by atoms with Gasteiger partial charge < -0.3 is 14.5 Å². The van der Waals surface area contributed by atoms with Crippen molar-refractivity contribution in [2.75, 3.05) is 19.9 Å². The van der Waals surface area contributed by atoms with Gasteiger partial charge in [0.05, 0.1) is 22.7 Å². The van der Waals surface area contributed by atoms with Gasteiger partial charge in [0.2, 0.25) is 0 Å². The molecule has 1 aromatic heterocycles. The minimum Gasteiger partial charge on any atom is -0.468 e. The molecule has 162 valence electrons. The summed E-state index contributed by atoms with van der Waals surface area (Å²) in [5.41, 5.74) is -1.94. The molecule has 0 spiro atoms. The number of ether oxygens (including phenoxy) is 1. The number of rotatable bonds is 7. The van der Waals surface area contributed by atoms with E-state index < -0.39 is 45.0 Å². The van der Waals surface area contributed by atoms with Gasteiger partial charge in [-0.25, -0.2) is 8.42 Å². The Morgan fingerprint density at radius 2 is 1.93 bits per heavy atom. The Hall–Kier alpha value is -2.79. The molecule has 0 saturated heterocycles. The second-order valence-electron chi connectivity index (χ2n) is 5.96. The number of benzene rings is 1. The molecule has 7 nitrogen and oxygen atoms in total. The second-order valence-corrected chi connectivity index (χ2v) is 8.35. The van der Waals surface area contributed by atoms with Gasteiger partial charge in [0, 0.05) is 11.8 Å². The molecule has 2 N–H and O–H groups in total.